The van der Waals surface area contributed by atoms with E-state index in [1.54, 1.807) is 0 Å². The maximum Gasteiger partial charge on any atom is 0.445 e. The molecule has 4 aromatic carbocycles. The highest BCUT2D eigenvalue weighted by atomic mass is 35.5. The van der Waals surface area contributed by atoms with Crippen LogP contribution in [0, 0.1) is 20.2 Å². The summed E-state index contributed by atoms with van der Waals surface area (Å²) in [7, 11) is 0. The van der Waals surface area contributed by atoms with E-state index in [2.05, 4.69) is 32.7 Å². The van der Waals surface area contributed by atoms with Crippen molar-refractivity contribution >= 4 is 57.8 Å². The number of rotatable bonds is 10. The summed E-state index contributed by atoms with van der Waals surface area (Å²) in [6.07, 6.45) is -18.7. The molecule has 0 spiro atoms. The fourth-order valence-corrected chi connectivity index (χ4v) is 4.80. The van der Waals surface area contributed by atoms with E-state index in [1.807, 2.05) is 0 Å². The summed E-state index contributed by atoms with van der Waals surface area (Å²) in [6.45, 7) is 0. The first-order valence-electron chi connectivity index (χ1n) is 13.8. The van der Waals surface area contributed by atoms with Crippen LogP contribution in [0.4, 0.5) is 64.1 Å². The van der Waals surface area contributed by atoms with Crippen LogP contribution in [0.1, 0.15) is 11.1 Å². The summed E-state index contributed by atoms with van der Waals surface area (Å²) in [5.41, 5.74) is -11.9. The lowest BCUT2D eigenvalue weighted by molar-refractivity contribution is -0.387. The van der Waals surface area contributed by atoms with Gasteiger partial charge < -0.3 is 14.6 Å². The average Bonchev–Trinajstić information content (AvgIpc) is 3.04. The summed E-state index contributed by atoms with van der Waals surface area (Å²) < 4.78 is 163. The molecule has 0 aliphatic carbocycles. The van der Waals surface area contributed by atoms with Crippen molar-refractivity contribution in [2.45, 2.75) is 35.8 Å². The molecular formula is C30H14Cl4F12N2O7. The van der Waals surface area contributed by atoms with Crippen LogP contribution < -0.4 is 9.47 Å². The van der Waals surface area contributed by atoms with E-state index in [9.17, 15) is 78.0 Å². The van der Waals surface area contributed by atoms with Crippen LogP contribution in [0.5, 0.6) is 17.2 Å². The predicted octanol–water partition coefficient (Wildman–Crippen LogP) is 12.6. The minimum atomic E-state index is -4.76. The molecule has 25 heteroatoms. The molecule has 0 heterocycles. The molecule has 4 rings (SSSR count). The number of phenolic OH excluding ortho intramolecular Hbond substituents is 1. The van der Waals surface area contributed by atoms with Gasteiger partial charge in [0, 0.05) is 38.9 Å². The van der Waals surface area contributed by atoms with E-state index in [-0.39, 0.29) is 16.7 Å². The lowest BCUT2D eigenvalue weighted by Gasteiger charge is -2.19. The average molecular weight is 884 g/mol. The zero-order chi connectivity index (χ0) is 42.0. The molecule has 2 unspecified atom stereocenters. The Kier molecular flexibility index (Phi) is 13.6. The number of phenols is 1. The molecule has 298 valence electrons. The Labute approximate surface area is 317 Å². The van der Waals surface area contributed by atoms with E-state index < -0.39 is 101 Å². The summed E-state index contributed by atoms with van der Waals surface area (Å²) in [5, 5.41) is 31.2. The number of nitro benzene ring substituents is 2. The number of benzene rings is 4. The topological polar surface area (TPSA) is 125 Å². The third-order valence-electron chi connectivity index (χ3n) is 6.65. The van der Waals surface area contributed by atoms with E-state index in [0.717, 1.165) is 36.4 Å². The van der Waals surface area contributed by atoms with Crippen molar-refractivity contribution in [1.29, 1.82) is 0 Å². The van der Waals surface area contributed by atoms with Gasteiger partial charge in [0.25, 0.3) is 11.3 Å². The van der Waals surface area contributed by atoms with Gasteiger partial charge in [0.1, 0.15) is 0 Å². The fourth-order valence-electron chi connectivity index (χ4n) is 4.14. The monoisotopic (exact) mass is 882 g/mol. The van der Waals surface area contributed by atoms with Gasteiger partial charge in [-0.1, -0.05) is 58.5 Å². The van der Waals surface area contributed by atoms with Crippen molar-refractivity contribution in [2.24, 2.45) is 0 Å². The van der Waals surface area contributed by atoms with Crippen LogP contribution in [0.2, 0.25) is 10.0 Å². The minimum absolute atomic E-state index is 0.0459. The van der Waals surface area contributed by atoms with Gasteiger partial charge in [-0.2, -0.15) is 43.9 Å². The zero-order valence-electron chi connectivity index (χ0n) is 25.8. The van der Waals surface area contributed by atoms with Crippen LogP contribution in [-0.2, 0) is 12.4 Å². The summed E-state index contributed by atoms with van der Waals surface area (Å²) in [4.78, 5) is 19.7. The highest BCUT2D eigenvalue weighted by Gasteiger charge is 2.45. The molecule has 0 saturated heterocycles. The summed E-state index contributed by atoms with van der Waals surface area (Å²) in [5.74, 6) is -3.75. The number of halogens is 16. The summed E-state index contributed by atoms with van der Waals surface area (Å²) in [6, 6.07) is 8.16. The first-order valence-corrected chi connectivity index (χ1v) is 15.4. The zero-order valence-corrected chi connectivity index (χ0v) is 28.9. The standard InChI is InChI=1S/C15H7Cl2F6NO4.C15H7Cl2F6NO3/c16-9-5-6(14(19,20)21)1-2-7(9)8-3-4-10(24(26)27)12(11(8)25)28-15(22,23)13(17)18;16-10-6-8(14(19,20)21)2-3-9(10)7-1-4-11(24(25)26)12(5-7)27-15(22,23)13(17)18/h1-5,13,25H;1-6,13H. The van der Waals surface area contributed by atoms with Gasteiger partial charge in [-0.25, -0.2) is 8.78 Å². The Morgan fingerprint density at radius 2 is 1.02 bits per heavy atom. The second-order valence-corrected chi connectivity index (χ2v) is 11.9. The Hall–Kier alpha value is -4.60. The van der Waals surface area contributed by atoms with Gasteiger partial charge in [0.2, 0.25) is 11.5 Å². The third-order valence-corrected chi connectivity index (χ3v) is 7.78. The number of nitrogens with zero attached hydrogens (tertiary/aromatic N) is 2. The normalized spacial score (nSPS) is 13.3. The quantitative estimate of drug-likeness (QED) is 0.0727. The van der Waals surface area contributed by atoms with Crippen molar-refractivity contribution in [2.75, 3.05) is 0 Å². The number of ether oxygens (including phenoxy) is 2. The van der Waals surface area contributed by atoms with E-state index in [4.69, 9.17) is 23.2 Å². The second kappa shape index (κ2) is 16.6. The van der Waals surface area contributed by atoms with Gasteiger partial charge in [0.15, 0.2) is 5.75 Å². The van der Waals surface area contributed by atoms with Crippen molar-refractivity contribution in [3.05, 3.63) is 108 Å². The fraction of sp³-hybridized carbons (Fsp3) is 0.200. The number of hydrogen-bond acceptors (Lipinski definition) is 7. The molecule has 0 aliphatic heterocycles. The van der Waals surface area contributed by atoms with Crippen LogP contribution in [-0.4, -0.2) is 38.4 Å². The van der Waals surface area contributed by atoms with Crippen LogP contribution >= 0.6 is 46.4 Å². The number of nitro groups is 2. The first-order chi connectivity index (χ1) is 25.1. The lowest BCUT2D eigenvalue weighted by Crippen LogP contribution is -2.33. The van der Waals surface area contributed by atoms with Gasteiger partial charge in [0.05, 0.1) is 21.0 Å². The molecule has 9 nitrogen and oxygen atoms in total. The molecule has 0 radical (unpaired) electrons. The number of aromatic hydroxyl groups is 1. The predicted molar refractivity (Wildman–Crippen MR) is 171 cm³/mol. The molecule has 2 atom stereocenters. The van der Waals surface area contributed by atoms with Crippen molar-refractivity contribution < 1.29 is 77.1 Å². The Bertz CT molecular complexity index is 2090. The molecule has 0 aromatic heterocycles. The van der Waals surface area contributed by atoms with Gasteiger partial charge >= 0.3 is 35.9 Å². The molecule has 0 aliphatic rings. The number of hydrogen-bond donors (Lipinski definition) is 1. The Morgan fingerprint density at radius 1 is 0.600 bits per heavy atom. The number of alkyl halides is 14. The highest BCUT2D eigenvalue weighted by molar-refractivity contribution is 6.34. The molecule has 4 aromatic rings. The largest absolute Gasteiger partial charge is 0.504 e. The molecule has 0 amide bonds. The van der Waals surface area contributed by atoms with E-state index >= 15 is 0 Å². The lowest BCUT2D eigenvalue weighted by atomic mass is 10.0. The van der Waals surface area contributed by atoms with Crippen molar-refractivity contribution in [3.8, 4) is 39.5 Å². The van der Waals surface area contributed by atoms with Gasteiger partial charge in [-0.05, 0) is 48.0 Å². The third kappa shape index (κ3) is 10.8. The molecule has 55 heavy (non-hydrogen) atoms. The van der Waals surface area contributed by atoms with Gasteiger partial charge in [-0.15, -0.1) is 0 Å². The van der Waals surface area contributed by atoms with E-state index in [1.165, 1.54) is 0 Å². The van der Waals surface area contributed by atoms with Crippen LogP contribution in [0.25, 0.3) is 22.3 Å². The SMILES string of the molecule is O=[N+]([O-])c1ccc(-c2ccc(C(F)(F)F)cc2Cl)c(O)c1OC(F)(F)C(F)Cl.O=[N+]([O-])c1ccc(-c2ccc(C(F)(F)F)cc2Cl)cc1OC(F)(F)C(F)Cl. The highest BCUT2D eigenvalue weighted by Crippen LogP contribution is 2.48. The molecule has 1 N–H and O–H groups in total. The van der Waals surface area contributed by atoms with Crippen molar-refractivity contribution in [1.82, 2.24) is 0 Å². The maximum atomic E-state index is 13.4. The Morgan fingerprint density at radius 3 is 1.44 bits per heavy atom. The van der Waals surface area contributed by atoms with E-state index in [0.29, 0.717) is 30.3 Å². The smallest absolute Gasteiger partial charge is 0.445 e. The summed E-state index contributed by atoms with van der Waals surface area (Å²) >= 11 is 20.8. The van der Waals surface area contributed by atoms with Gasteiger partial charge in [-0.3, -0.25) is 20.2 Å². The minimum Gasteiger partial charge on any atom is -0.504 e. The second-order valence-electron chi connectivity index (χ2n) is 10.3. The molecule has 0 bridgehead atoms. The molecule has 0 saturated carbocycles. The van der Waals surface area contributed by atoms with Crippen LogP contribution in [0.15, 0.2) is 66.7 Å². The molecule has 0 fully saturated rings. The van der Waals surface area contributed by atoms with Crippen molar-refractivity contribution in [3.63, 3.8) is 0 Å². The Balaban J connectivity index is 0.000000296. The maximum absolute atomic E-state index is 13.4. The first kappa shape index (κ1) is 44.8. The van der Waals surface area contributed by atoms with Crippen LogP contribution in [0.3, 0.4) is 0 Å². The molecular weight excluding hydrogens is 870 g/mol.